The van der Waals surface area contributed by atoms with E-state index in [1.165, 1.54) is 18.2 Å². The van der Waals surface area contributed by atoms with Gasteiger partial charge in [0, 0.05) is 0 Å². The zero-order valence-electron chi connectivity index (χ0n) is 18.2. The van der Waals surface area contributed by atoms with Gasteiger partial charge in [-0.25, -0.2) is 4.79 Å². The average molecular weight is 602 g/mol. The molecule has 11 heteroatoms. The van der Waals surface area contributed by atoms with E-state index >= 15 is 0 Å². The molecule has 35 heavy (non-hydrogen) atoms. The number of hydrogen-bond acceptors (Lipinski definition) is 6. The van der Waals surface area contributed by atoms with E-state index in [0.29, 0.717) is 26.1 Å². The molecule has 0 aliphatic rings. The number of aromatic nitrogens is 3. The number of carbonyl (C=O) groups excluding carboxylic acids is 1. The zero-order chi connectivity index (χ0) is 25.1. The summed E-state index contributed by atoms with van der Waals surface area (Å²) in [5.74, 6) is 0.0168. The monoisotopic (exact) mass is 600 g/mol. The molecular formula is C24H18Br2N4O5. The Morgan fingerprint density at radius 2 is 1.77 bits per heavy atom. The summed E-state index contributed by atoms with van der Waals surface area (Å²) in [5, 5.41) is 17.0. The number of phenols is 1. The van der Waals surface area contributed by atoms with Gasteiger partial charge in [-0.05, 0) is 74.7 Å². The minimum Gasteiger partial charge on any atom is -0.507 e. The molecule has 3 N–H and O–H groups in total. The van der Waals surface area contributed by atoms with Crippen molar-refractivity contribution in [3.63, 3.8) is 0 Å². The summed E-state index contributed by atoms with van der Waals surface area (Å²) < 4.78 is 7.93. The van der Waals surface area contributed by atoms with Gasteiger partial charge in [-0.15, -0.1) is 0 Å². The van der Waals surface area contributed by atoms with Crippen LogP contribution in [0.4, 0.5) is 0 Å². The minimum absolute atomic E-state index is 0.0538. The molecule has 0 aliphatic carbocycles. The van der Waals surface area contributed by atoms with Crippen molar-refractivity contribution in [2.45, 2.75) is 13.0 Å². The number of aromatic amines is 1. The predicted octanol–water partition coefficient (Wildman–Crippen LogP) is 4.43. The first-order valence-electron chi connectivity index (χ1n) is 10.3. The lowest BCUT2D eigenvalue weighted by molar-refractivity contribution is 0.0937. The Morgan fingerprint density at radius 3 is 2.43 bits per heavy atom. The van der Waals surface area contributed by atoms with E-state index in [4.69, 9.17) is 4.74 Å². The minimum atomic E-state index is -0.691. The molecule has 0 aliphatic heterocycles. The fourth-order valence-electron chi connectivity index (χ4n) is 3.28. The van der Waals surface area contributed by atoms with Crippen molar-refractivity contribution in [1.82, 2.24) is 20.1 Å². The Morgan fingerprint density at radius 1 is 1.09 bits per heavy atom. The molecule has 0 unspecified atom stereocenters. The van der Waals surface area contributed by atoms with Gasteiger partial charge in [0.25, 0.3) is 11.5 Å². The first-order chi connectivity index (χ1) is 16.7. The molecule has 0 fully saturated rings. The molecule has 178 valence electrons. The van der Waals surface area contributed by atoms with E-state index in [9.17, 15) is 19.5 Å². The van der Waals surface area contributed by atoms with Crippen LogP contribution in [0.5, 0.6) is 17.2 Å². The smallest absolute Gasteiger partial charge is 0.349 e. The third kappa shape index (κ3) is 5.52. The first kappa shape index (κ1) is 24.4. The lowest BCUT2D eigenvalue weighted by Crippen LogP contribution is -2.30. The number of phenolic OH excluding ortho intramolecular Hbond substituents is 1. The molecule has 1 amide bonds. The highest BCUT2D eigenvalue weighted by Crippen LogP contribution is 2.39. The summed E-state index contributed by atoms with van der Waals surface area (Å²) in [6.45, 7) is 1.85. The summed E-state index contributed by atoms with van der Waals surface area (Å²) in [7, 11) is 0. The molecule has 0 spiro atoms. The highest BCUT2D eigenvalue weighted by molar-refractivity contribution is 9.11. The number of rotatable bonds is 6. The second-order valence-electron chi connectivity index (χ2n) is 7.48. The molecule has 0 saturated carbocycles. The molecule has 4 aromatic rings. The van der Waals surface area contributed by atoms with Crippen LogP contribution in [0.25, 0.3) is 5.69 Å². The number of halogens is 2. The summed E-state index contributed by atoms with van der Waals surface area (Å²) >= 11 is 6.83. The van der Waals surface area contributed by atoms with Gasteiger partial charge in [0.15, 0.2) is 5.75 Å². The van der Waals surface area contributed by atoms with Crippen LogP contribution < -0.4 is 21.3 Å². The summed E-state index contributed by atoms with van der Waals surface area (Å²) in [6.07, 6.45) is 0.995. The quantitative estimate of drug-likeness (QED) is 0.300. The maximum absolute atomic E-state index is 12.8. The molecule has 1 heterocycles. The number of nitrogens with zero attached hydrogens (tertiary/aromatic N) is 2. The SMILES string of the molecule is C[C@H](NC(=O)c1cc(Oc2c(Br)cc(-n3ncc(=O)[nH]c3=O)cc2Br)ccc1O)c1ccccc1. The van der Waals surface area contributed by atoms with E-state index < -0.39 is 17.2 Å². The lowest BCUT2D eigenvalue weighted by atomic mass is 10.1. The van der Waals surface area contributed by atoms with Gasteiger partial charge in [0.1, 0.15) is 17.7 Å². The van der Waals surface area contributed by atoms with Crippen molar-refractivity contribution >= 4 is 37.8 Å². The van der Waals surface area contributed by atoms with Crippen LogP contribution in [0.1, 0.15) is 28.9 Å². The highest BCUT2D eigenvalue weighted by Gasteiger charge is 2.18. The topological polar surface area (TPSA) is 126 Å². The molecule has 1 aromatic heterocycles. The van der Waals surface area contributed by atoms with Crippen LogP contribution in [-0.4, -0.2) is 25.8 Å². The fraction of sp³-hybridized carbons (Fsp3) is 0.0833. The number of amides is 1. The van der Waals surface area contributed by atoms with Crippen molar-refractivity contribution in [1.29, 1.82) is 0 Å². The van der Waals surface area contributed by atoms with Crippen LogP contribution in [0, 0.1) is 0 Å². The number of ether oxygens (including phenoxy) is 1. The second kappa shape index (κ2) is 10.3. The van der Waals surface area contributed by atoms with Gasteiger partial charge in [-0.1, -0.05) is 30.3 Å². The van der Waals surface area contributed by atoms with Crippen LogP contribution >= 0.6 is 31.9 Å². The second-order valence-corrected chi connectivity index (χ2v) is 9.18. The van der Waals surface area contributed by atoms with Gasteiger partial charge in [0.05, 0.1) is 26.2 Å². The third-order valence-corrected chi connectivity index (χ3v) is 6.20. The Hall–Kier alpha value is -3.70. The number of benzene rings is 3. The number of hydrogen-bond donors (Lipinski definition) is 3. The Kier molecular flexibility index (Phi) is 7.17. The molecule has 0 saturated heterocycles. The normalized spacial score (nSPS) is 11.6. The largest absolute Gasteiger partial charge is 0.507 e. The van der Waals surface area contributed by atoms with Gasteiger partial charge < -0.3 is 15.2 Å². The van der Waals surface area contributed by atoms with Gasteiger partial charge in [-0.3, -0.25) is 14.6 Å². The first-order valence-corrected chi connectivity index (χ1v) is 11.9. The number of H-pyrrole nitrogens is 1. The van der Waals surface area contributed by atoms with E-state index in [1.807, 2.05) is 37.3 Å². The Balaban J connectivity index is 1.59. The zero-order valence-corrected chi connectivity index (χ0v) is 21.3. The number of nitrogens with one attached hydrogen (secondary N) is 2. The maximum Gasteiger partial charge on any atom is 0.349 e. The van der Waals surface area contributed by atoms with E-state index in [2.05, 4.69) is 47.3 Å². The molecule has 1 atom stereocenters. The standard InChI is InChI=1S/C24H18Br2N4O5/c1-13(14-5-3-2-4-6-14)28-23(33)17-11-16(7-8-20(17)31)35-22-18(25)9-15(10-19(22)26)30-24(34)29-21(32)12-27-30/h2-13,31H,1H3,(H,28,33)(H,29,32,34)/t13-/m0/s1. The van der Waals surface area contributed by atoms with Gasteiger partial charge in [0.2, 0.25) is 0 Å². The molecule has 0 radical (unpaired) electrons. The van der Waals surface area contributed by atoms with Crippen LogP contribution in [0.2, 0.25) is 0 Å². The fourth-order valence-corrected chi connectivity index (χ4v) is 4.61. The molecule has 0 bridgehead atoms. The number of carbonyl (C=O) groups is 1. The van der Waals surface area contributed by atoms with Crippen LogP contribution in [0.15, 0.2) is 85.4 Å². The maximum atomic E-state index is 12.8. The highest BCUT2D eigenvalue weighted by atomic mass is 79.9. The van der Waals surface area contributed by atoms with Crippen molar-refractivity contribution in [3.05, 3.63) is 108 Å². The molecule has 9 nitrogen and oxygen atoms in total. The molecule has 3 aromatic carbocycles. The van der Waals surface area contributed by atoms with Crippen molar-refractivity contribution < 1.29 is 14.6 Å². The Labute approximate surface area is 215 Å². The van der Waals surface area contributed by atoms with Gasteiger partial charge in [-0.2, -0.15) is 9.78 Å². The summed E-state index contributed by atoms with van der Waals surface area (Å²) in [6, 6.07) is 16.7. The van der Waals surface area contributed by atoms with E-state index in [-0.39, 0.29) is 17.4 Å². The lowest BCUT2D eigenvalue weighted by Gasteiger charge is -2.16. The van der Waals surface area contributed by atoms with Crippen LogP contribution in [-0.2, 0) is 0 Å². The third-order valence-electron chi connectivity index (χ3n) is 5.02. The van der Waals surface area contributed by atoms with Gasteiger partial charge >= 0.3 is 5.69 Å². The molecular weight excluding hydrogens is 584 g/mol. The van der Waals surface area contributed by atoms with Crippen molar-refractivity contribution in [2.75, 3.05) is 0 Å². The Bertz CT molecular complexity index is 1500. The average Bonchev–Trinajstić information content (AvgIpc) is 2.82. The summed E-state index contributed by atoms with van der Waals surface area (Å²) in [4.78, 5) is 38.3. The predicted molar refractivity (Wildman–Crippen MR) is 136 cm³/mol. The van der Waals surface area contributed by atoms with E-state index in [0.717, 1.165) is 16.4 Å². The van der Waals surface area contributed by atoms with Crippen molar-refractivity contribution in [3.8, 4) is 22.9 Å². The van der Waals surface area contributed by atoms with E-state index in [1.54, 1.807) is 12.1 Å². The summed E-state index contributed by atoms with van der Waals surface area (Å²) in [5.41, 5.74) is 0.0616. The number of aromatic hydroxyl groups is 1. The van der Waals surface area contributed by atoms with Crippen molar-refractivity contribution in [2.24, 2.45) is 0 Å². The van der Waals surface area contributed by atoms with Crippen LogP contribution in [0.3, 0.4) is 0 Å². The molecule has 4 rings (SSSR count).